The molecule has 1 unspecified atom stereocenters. The van der Waals surface area contributed by atoms with E-state index in [0.29, 0.717) is 5.65 Å². The number of hydrogen-bond acceptors (Lipinski definition) is 4. The fourth-order valence-electron chi connectivity index (χ4n) is 3.95. The van der Waals surface area contributed by atoms with E-state index in [1.165, 1.54) is 16.7 Å². The summed E-state index contributed by atoms with van der Waals surface area (Å²) in [5, 5.41) is 1.13. The van der Waals surface area contributed by atoms with Crippen LogP contribution in [0.2, 0.25) is 0 Å². The van der Waals surface area contributed by atoms with Crippen LogP contribution in [0.4, 0.5) is 0 Å². The monoisotopic (exact) mass is 379 g/mol. The van der Waals surface area contributed by atoms with Gasteiger partial charge >= 0.3 is 0 Å². The molecule has 2 aromatic carbocycles. The molecule has 3 heterocycles. The minimum Gasteiger partial charge on any atom is -0.307 e. The minimum atomic E-state index is 0.0760. The lowest BCUT2D eigenvalue weighted by atomic mass is 10.0. The van der Waals surface area contributed by atoms with E-state index in [4.69, 9.17) is 4.98 Å². The number of pyridine rings is 1. The minimum absolute atomic E-state index is 0.0760. The van der Waals surface area contributed by atoms with Crippen LogP contribution >= 0.6 is 0 Å². The number of rotatable bonds is 3. The molecular formula is C24H21N5. The molecule has 5 nitrogen and oxygen atoms in total. The van der Waals surface area contributed by atoms with Crippen LogP contribution in [0.5, 0.6) is 0 Å². The molecule has 0 fully saturated rings. The standard InChI is InChI=1S/C24H21N5/c1-15-6-4-7-16(2)22(15)21-13-26-23-24(28-21)29(14-27-23)17(3)18-9-10-20-19(12-18)8-5-11-25-20/h4-14,17H,1-3H3. The first-order valence-corrected chi connectivity index (χ1v) is 9.72. The predicted octanol–water partition coefficient (Wildman–Crippen LogP) is 5.27. The van der Waals surface area contributed by atoms with E-state index in [-0.39, 0.29) is 6.04 Å². The van der Waals surface area contributed by atoms with Gasteiger partial charge in [-0.1, -0.05) is 30.3 Å². The molecule has 5 heteroatoms. The first kappa shape index (κ1) is 17.5. The Morgan fingerprint density at radius 1 is 0.897 bits per heavy atom. The van der Waals surface area contributed by atoms with Crippen molar-refractivity contribution in [3.05, 3.63) is 83.9 Å². The molecule has 0 saturated heterocycles. The predicted molar refractivity (Wildman–Crippen MR) is 116 cm³/mol. The Balaban J connectivity index is 1.63. The maximum atomic E-state index is 4.96. The van der Waals surface area contributed by atoms with Gasteiger partial charge in [0.1, 0.15) is 0 Å². The number of imidazole rings is 1. The highest BCUT2D eigenvalue weighted by Crippen LogP contribution is 2.28. The van der Waals surface area contributed by atoms with Crippen molar-refractivity contribution >= 4 is 22.2 Å². The van der Waals surface area contributed by atoms with Gasteiger partial charge in [-0.2, -0.15) is 0 Å². The second kappa shape index (κ2) is 6.78. The summed E-state index contributed by atoms with van der Waals surface area (Å²) in [5.74, 6) is 0. The Hall–Kier alpha value is -3.60. The molecule has 0 aliphatic carbocycles. The largest absolute Gasteiger partial charge is 0.307 e. The highest BCUT2D eigenvalue weighted by Gasteiger charge is 2.16. The van der Waals surface area contributed by atoms with Crippen LogP contribution in [0.1, 0.15) is 29.7 Å². The van der Waals surface area contributed by atoms with Crippen LogP contribution in [0, 0.1) is 13.8 Å². The fourth-order valence-corrected chi connectivity index (χ4v) is 3.95. The molecule has 0 aliphatic heterocycles. The molecule has 3 aromatic heterocycles. The van der Waals surface area contributed by atoms with Crippen molar-refractivity contribution in [1.82, 2.24) is 24.5 Å². The van der Waals surface area contributed by atoms with E-state index < -0.39 is 0 Å². The van der Waals surface area contributed by atoms with Gasteiger partial charge < -0.3 is 4.57 Å². The first-order valence-electron chi connectivity index (χ1n) is 9.72. The molecule has 0 aliphatic rings. The lowest BCUT2D eigenvalue weighted by Gasteiger charge is -2.15. The lowest BCUT2D eigenvalue weighted by molar-refractivity contribution is 0.653. The molecule has 0 spiro atoms. The Morgan fingerprint density at radius 3 is 2.55 bits per heavy atom. The van der Waals surface area contributed by atoms with Gasteiger partial charge in [-0.15, -0.1) is 0 Å². The summed E-state index contributed by atoms with van der Waals surface area (Å²) in [5.41, 5.74) is 8.04. The smallest absolute Gasteiger partial charge is 0.197 e. The molecule has 1 atom stereocenters. The van der Waals surface area contributed by atoms with Crippen molar-refractivity contribution in [3.63, 3.8) is 0 Å². The SMILES string of the molecule is Cc1cccc(C)c1-c1cnc2ncn(C(C)c3ccc4ncccc4c3)c2n1. The van der Waals surface area contributed by atoms with Gasteiger partial charge in [-0.25, -0.2) is 15.0 Å². The van der Waals surface area contributed by atoms with Crippen molar-refractivity contribution in [3.8, 4) is 11.3 Å². The van der Waals surface area contributed by atoms with Crippen molar-refractivity contribution in [2.75, 3.05) is 0 Å². The van der Waals surface area contributed by atoms with Gasteiger partial charge in [-0.3, -0.25) is 4.98 Å². The molecule has 0 radical (unpaired) electrons. The van der Waals surface area contributed by atoms with Crippen LogP contribution in [-0.4, -0.2) is 24.5 Å². The average molecular weight is 379 g/mol. The topological polar surface area (TPSA) is 56.5 Å². The fraction of sp³-hybridized carbons (Fsp3) is 0.167. The van der Waals surface area contributed by atoms with E-state index in [1.807, 2.05) is 24.8 Å². The Morgan fingerprint density at radius 2 is 1.72 bits per heavy atom. The third-order valence-corrected chi connectivity index (χ3v) is 5.55. The number of nitrogens with zero attached hydrogens (tertiary/aromatic N) is 5. The number of fused-ring (bicyclic) bond motifs is 2. The van der Waals surface area contributed by atoms with E-state index >= 15 is 0 Å². The maximum absolute atomic E-state index is 4.96. The van der Waals surface area contributed by atoms with E-state index in [2.05, 4.69) is 82.8 Å². The summed E-state index contributed by atoms with van der Waals surface area (Å²) in [6.45, 7) is 6.38. The number of hydrogen-bond donors (Lipinski definition) is 0. The first-order chi connectivity index (χ1) is 14.1. The summed E-state index contributed by atoms with van der Waals surface area (Å²) in [6, 6.07) is 16.8. The highest BCUT2D eigenvalue weighted by atomic mass is 15.1. The lowest BCUT2D eigenvalue weighted by Crippen LogP contribution is -2.07. The van der Waals surface area contributed by atoms with Gasteiger partial charge in [0, 0.05) is 17.1 Å². The Labute approximate surface area is 169 Å². The molecule has 0 saturated carbocycles. The Bertz CT molecular complexity index is 1330. The molecule has 0 N–H and O–H groups in total. The maximum Gasteiger partial charge on any atom is 0.197 e. The third kappa shape index (κ3) is 2.95. The molecule has 5 rings (SSSR count). The van der Waals surface area contributed by atoms with Crippen LogP contribution in [0.3, 0.4) is 0 Å². The third-order valence-electron chi connectivity index (χ3n) is 5.55. The number of aryl methyl sites for hydroxylation is 2. The second-order valence-electron chi connectivity index (χ2n) is 7.45. The zero-order chi connectivity index (χ0) is 20.0. The molecule has 142 valence electrons. The zero-order valence-corrected chi connectivity index (χ0v) is 16.7. The highest BCUT2D eigenvalue weighted by molar-refractivity contribution is 5.79. The van der Waals surface area contributed by atoms with E-state index in [0.717, 1.165) is 27.8 Å². The van der Waals surface area contributed by atoms with Crippen molar-refractivity contribution in [1.29, 1.82) is 0 Å². The van der Waals surface area contributed by atoms with Gasteiger partial charge in [0.2, 0.25) is 0 Å². The summed E-state index contributed by atoms with van der Waals surface area (Å²) >= 11 is 0. The molecule has 0 bridgehead atoms. The molecule has 5 aromatic rings. The van der Waals surface area contributed by atoms with Gasteiger partial charge in [0.05, 0.1) is 29.8 Å². The van der Waals surface area contributed by atoms with Crippen molar-refractivity contribution in [2.24, 2.45) is 0 Å². The summed E-state index contributed by atoms with van der Waals surface area (Å²) < 4.78 is 2.09. The zero-order valence-electron chi connectivity index (χ0n) is 16.7. The van der Waals surface area contributed by atoms with E-state index in [9.17, 15) is 0 Å². The van der Waals surface area contributed by atoms with Crippen LogP contribution in [-0.2, 0) is 0 Å². The van der Waals surface area contributed by atoms with Gasteiger partial charge in [-0.05, 0) is 55.7 Å². The summed E-state index contributed by atoms with van der Waals surface area (Å²) in [7, 11) is 0. The average Bonchev–Trinajstić information content (AvgIpc) is 3.16. The summed E-state index contributed by atoms with van der Waals surface area (Å²) in [6.07, 6.45) is 5.47. The second-order valence-corrected chi connectivity index (χ2v) is 7.45. The van der Waals surface area contributed by atoms with Crippen LogP contribution < -0.4 is 0 Å². The summed E-state index contributed by atoms with van der Waals surface area (Å²) in [4.78, 5) is 18.4. The van der Waals surface area contributed by atoms with Crippen molar-refractivity contribution in [2.45, 2.75) is 26.8 Å². The molecule has 0 amide bonds. The molecule has 29 heavy (non-hydrogen) atoms. The van der Waals surface area contributed by atoms with Gasteiger partial charge in [0.25, 0.3) is 0 Å². The number of benzene rings is 2. The quantitative estimate of drug-likeness (QED) is 0.429. The van der Waals surface area contributed by atoms with Crippen LogP contribution in [0.15, 0.2) is 67.3 Å². The van der Waals surface area contributed by atoms with Crippen LogP contribution in [0.25, 0.3) is 33.5 Å². The van der Waals surface area contributed by atoms with Crippen molar-refractivity contribution < 1.29 is 0 Å². The number of aromatic nitrogens is 5. The van der Waals surface area contributed by atoms with E-state index in [1.54, 1.807) is 0 Å². The molecular weight excluding hydrogens is 358 g/mol. The Kier molecular flexibility index (Phi) is 4.09. The van der Waals surface area contributed by atoms with Gasteiger partial charge in [0.15, 0.2) is 11.3 Å². The normalized spacial score (nSPS) is 12.5.